The number of benzene rings is 4. The van der Waals surface area contributed by atoms with Gasteiger partial charge < -0.3 is 5.11 Å². The van der Waals surface area contributed by atoms with Crippen molar-refractivity contribution in [3.05, 3.63) is 162 Å². The molecule has 0 aliphatic carbocycles. The number of allylic oxidation sites excluding steroid dienone is 4. The molecule has 2 heterocycles. The van der Waals surface area contributed by atoms with Crippen LogP contribution in [0, 0.1) is 0 Å². The molecule has 0 saturated carbocycles. The molecule has 1 aliphatic rings. The molecule has 0 bridgehead atoms. The predicted molar refractivity (Wildman–Crippen MR) is 164 cm³/mol. The Kier molecular flexibility index (Phi) is 7.19. The Balaban J connectivity index is 1.32. The van der Waals surface area contributed by atoms with Crippen LogP contribution in [0.4, 0.5) is 5.69 Å². The lowest BCUT2D eigenvalue weighted by atomic mass is 10.0. The van der Waals surface area contributed by atoms with E-state index in [1.54, 1.807) is 12.2 Å². The third-order valence-electron chi connectivity index (χ3n) is 6.62. The minimum atomic E-state index is -0.197. The van der Waals surface area contributed by atoms with Crippen LogP contribution in [0.1, 0.15) is 11.1 Å². The zero-order valence-corrected chi connectivity index (χ0v) is 22.1. The number of aromatic hydroxyl groups is 1. The van der Waals surface area contributed by atoms with Gasteiger partial charge in [0, 0.05) is 11.1 Å². The van der Waals surface area contributed by atoms with E-state index >= 15 is 0 Å². The van der Waals surface area contributed by atoms with Gasteiger partial charge in [-0.15, -0.1) is 0 Å². The van der Waals surface area contributed by atoms with E-state index in [1.165, 1.54) is 9.69 Å². The molecule has 1 N–H and O–H groups in total. The first-order valence-corrected chi connectivity index (χ1v) is 13.2. The van der Waals surface area contributed by atoms with Crippen molar-refractivity contribution in [2.75, 3.05) is 5.01 Å². The molecule has 0 saturated heterocycles. The fourth-order valence-electron chi connectivity index (χ4n) is 4.62. The summed E-state index contributed by atoms with van der Waals surface area (Å²) in [4.78, 5) is 13.4. The van der Waals surface area contributed by atoms with E-state index in [9.17, 15) is 9.90 Å². The molecule has 0 atom stereocenters. The summed E-state index contributed by atoms with van der Waals surface area (Å²) in [7, 11) is 0. The zero-order valence-electron chi connectivity index (χ0n) is 22.1. The van der Waals surface area contributed by atoms with Crippen molar-refractivity contribution in [1.82, 2.24) is 9.78 Å². The summed E-state index contributed by atoms with van der Waals surface area (Å²) in [5, 5.41) is 21.9. The smallest absolute Gasteiger partial charge is 0.281 e. The molecule has 41 heavy (non-hydrogen) atoms. The Hall–Kier alpha value is -5.75. The zero-order chi connectivity index (χ0) is 28.0. The maximum Gasteiger partial charge on any atom is 0.281 e. The lowest BCUT2D eigenvalue weighted by Gasteiger charge is -2.10. The number of anilines is 1. The van der Waals surface area contributed by atoms with Crippen molar-refractivity contribution in [3.8, 4) is 22.8 Å². The minimum absolute atomic E-state index is 0.0426. The number of hydrazone groups is 1. The quantitative estimate of drug-likeness (QED) is 0.177. The van der Waals surface area contributed by atoms with Crippen LogP contribution in [-0.4, -0.2) is 26.5 Å². The van der Waals surface area contributed by atoms with E-state index in [-0.39, 0.29) is 11.8 Å². The van der Waals surface area contributed by atoms with Gasteiger partial charge in [0.05, 0.1) is 22.5 Å². The van der Waals surface area contributed by atoms with E-state index in [2.05, 4.69) is 5.10 Å². The van der Waals surface area contributed by atoms with E-state index in [4.69, 9.17) is 5.10 Å². The highest BCUT2D eigenvalue weighted by molar-refractivity contribution is 6.35. The molecule has 198 valence electrons. The van der Waals surface area contributed by atoms with E-state index < -0.39 is 0 Å². The topological polar surface area (TPSA) is 70.7 Å². The van der Waals surface area contributed by atoms with Gasteiger partial charge in [-0.2, -0.15) is 15.2 Å². The van der Waals surface area contributed by atoms with Crippen LogP contribution < -0.4 is 5.01 Å². The maximum atomic E-state index is 13.4. The molecular weight excluding hydrogens is 508 g/mol. The summed E-state index contributed by atoms with van der Waals surface area (Å²) in [6, 6.07) is 38.3. The minimum Gasteiger partial charge on any atom is -0.493 e. The number of hydrogen-bond acceptors (Lipinski definition) is 4. The normalized spacial score (nSPS) is 14.4. The molecule has 1 aromatic heterocycles. The van der Waals surface area contributed by atoms with E-state index in [0.29, 0.717) is 28.2 Å². The van der Waals surface area contributed by atoms with Crippen molar-refractivity contribution >= 4 is 23.4 Å². The van der Waals surface area contributed by atoms with Crippen molar-refractivity contribution < 1.29 is 9.90 Å². The van der Waals surface area contributed by atoms with Crippen LogP contribution >= 0.6 is 0 Å². The number of carbonyl (C=O) groups is 1. The average Bonchev–Trinajstić information content (AvgIpc) is 3.55. The van der Waals surface area contributed by atoms with Gasteiger partial charge in [0.25, 0.3) is 5.91 Å². The number of carbonyl (C=O) groups excluding carboxylic acids is 1. The average molecular weight is 535 g/mol. The second-order valence-electron chi connectivity index (χ2n) is 9.29. The van der Waals surface area contributed by atoms with Crippen LogP contribution in [0.25, 0.3) is 23.0 Å². The summed E-state index contributed by atoms with van der Waals surface area (Å²) in [5.41, 5.74) is 5.59. The summed E-state index contributed by atoms with van der Waals surface area (Å²) in [6.07, 6.45) is 9.04. The molecule has 6 nitrogen and oxygen atoms in total. The third kappa shape index (κ3) is 5.27. The third-order valence-corrected chi connectivity index (χ3v) is 6.62. The second-order valence-corrected chi connectivity index (χ2v) is 9.29. The van der Waals surface area contributed by atoms with Gasteiger partial charge in [-0.3, -0.25) is 4.79 Å². The number of nitrogens with zero attached hydrogens (tertiary/aromatic N) is 4. The Morgan fingerprint density at radius 3 is 1.83 bits per heavy atom. The highest BCUT2D eigenvalue weighted by Gasteiger charge is 2.31. The molecular formula is C35H26N4O2. The molecule has 0 unspecified atom stereocenters. The molecule has 4 aromatic carbocycles. The first-order valence-electron chi connectivity index (χ1n) is 13.2. The van der Waals surface area contributed by atoms with Crippen LogP contribution in [-0.2, 0) is 4.79 Å². The molecule has 5 aromatic rings. The van der Waals surface area contributed by atoms with Crippen LogP contribution in [0.3, 0.4) is 0 Å². The number of para-hydroxylation sites is 2. The number of aromatic nitrogens is 2. The molecule has 1 amide bonds. The fourth-order valence-corrected chi connectivity index (χ4v) is 4.62. The summed E-state index contributed by atoms with van der Waals surface area (Å²) >= 11 is 0. The first-order chi connectivity index (χ1) is 20.2. The molecule has 0 spiro atoms. The fraction of sp³-hybridized carbons (Fsp3) is 0. The van der Waals surface area contributed by atoms with Gasteiger partial charge in [-0.05, 0) is 36.4 Å². The molecule has 0 fully saturated rings. The highest BCUT2D eigenvalue weighted by atomic mass is 16.3. The predicted octanol–water partition coefficient (Wildman–Crippen LogP) is 7.19. The maximum absolute atomic E-state index is 13.4. The Morgan fingerprint density at radius 2 is 1.20 bits per heavy atom. The largest absolute Gasteiger partial charge is 0.493 e. The summed E-state index contributed by atoms with van der Waals surface area (Å²) < 4.78 is 1.53. The van der Waals surface area contributed by atoms with Crippen molar-refractivity contribution in [1.29, 1.82) is 0 Å². The Bertz CT molecular complexity index is 1790. The van der Waals surface area contributed by atoms with Crippen LogP contribution in [0.5, 0.6) is 5.88 Å². The Morgan fingerprint density at radius 1 is 0.634 bits per heavy atom. The van der Waals surface area contributed by atoms with Crippen molar-refractivity contribution in [3.63, 3.8) is 0 Å². The monoisotopic (exact) mass is 534 g/mol. The summed E-state index contributed by atoms with van der Waals surface area (Å²) in [5.74, 6) is -0.155. The van der Waals surface area contributed by atoms with Crippen molar-refractivity contribution in [2.45, 2.75) is 0 Å². The molecule has 6 rings (SSSR count). The second kappa shape index (κ2) is 11.6. The summed E-state index contributed by atoms with van der Waals surface area (Å²) in [6.45, 7) is 0. The lowest BCUT2D eigenvalue weighted by Crippen LogP contribution is -2.21. The number of amides is 1. The molecule has 0 radical (unpaired) electrons. The first kappa shape index (κ1) is 25.5. The van der Waals surface area contributed by atoms with E-state index in [1.807, 2.05) is 140 Å². The van der Waals surface area contributed by atoms with E-state index in [0.717, 1.165) is 16.8 Å². The van der Waals surface area contributed by atoms with Gasteiger partial charge in [-0.1, -0.05) is 115 Å². The standard InChI is InChI=1S/C35H26N4O2/c40-34-30(32(26-16-6-1-7-17-26)36-38(34)28-20-10-3-11-21-28)24-14-5-15-25-31-33(27-18-8-2-9-19-27)37-39(35(31)41)29-22-12-4-13-23-29/h1-25,40H/b15-5?,24-14?,31-25-. The van der Waals surface area contributed by atoms with Gasteiger partial charge in [0.2, 0.25) is 5.88 Å². The van der Waals surface area contributed by atoms with Crippen LogP contribution in [0.15, 0.2) is 156 Å². The number of rotatable bonds is 7. The number of hydrogen-bond donors (Lipinski definition) is 1. The Labute approximate surface area is 238 Å². The molecule has 1 aliphatic heterocycles. The lowest BCUT2D eigenvalue weighted by molar-refractivity contribution is -0.114. The van der Waals surface area contributed by atoms with Crippen molar-refractivity contribution in [2.24, 2.45) is 5.10 Å². The van der Waals surface area contributed by atoms with Gasteiger partial charge in [0.15, 0.2) is 0 Å². The van der Waals surface area contributed by atoms with Gasteiger partial charge in [-0.25, -0.2) is 4.68 Å². The van der Waals surface area contributed by atoms with Gasteiger partial charge >= 0.3 is 0 Å². The molecule has 6 heteroatoms. The highest BCUT2D eigenvalue weighted by Crippen LogP contribution is 2.33. The SMILES string of the molecule is O=C1/C(=C\C=CC=Cc2c(-c3ccccc3)nn(-c3ccccc3)c2O)C(c2ccccc2)=NN1c1ccccc1. The van der Waals surface area contributed by atoms with Crippen LogP contribution in [0.2, 0.25) is 0 Å². The van der Waals surface area contributed by atoms with Gasteiger partial charge in [0.1, 0.15) is 11.4 Å².